The molecule has 1 unspecified atom stereocenters. The number of rotatable bonds is 4. The van der Waals surface area contributed by atoms with Crippen molar-refractivity contribution >= 4 is 45.2 Å². The maximum Gasteiger partial charge on any atom is 0.146 e. The molecule has 0 aliphatic heterocycles. The van der Waals surface area contributed by atoms with E-state index in [2.05, 4.69) is 15.0 Å². The highest BCUT2D eigenvalue weighted by Gasteiger charge is 2.38. The molecule has 0 saturated carbocycles. The van der Waals surface area contributed by atoms with Crippen LogP contribution < -0.4 is 11.5 Å². The molecule has 9 heteroatoms. The maximum absolute atomic E-state index is 10.8. The van der Waals surface area contributed by atoms with E-state index >= 15 is 0 Å². The first-order valence-electron chi connectivity index (χ1n) is 10.3. The van der Waals surface area contributed by atoms with Crippen molar-refractivity contribution in [2.45, 2.75) is 31.6 Å². The summed E-state index contributed by atoms with van der Waals surface area (Å²) in [5, 5.41) is 23.7. The number of nitrogens with two attached hydrogens (primary N) is 2. The molecule has 6 N–H and O–H groups in total. The van der Waals surface area contributed by atoms with Gasteiger partial charge in [-0.05, 0) is 41.7 Å². The molecule has 0 fully saturated rings. The molecule has 1 aliphatic rings. The monoisotopic (exact) mass is 450 g/mol. The smallest absolute Gasteiger partial charge is 0.146 e. The first-order chi connectivity index (χ1) is 15.3. The Morgan fingerprint density at radius 2 is 1.94 bits per heavy atom. The molecule has 4 aromatic rings. The van der Waals surface area contributed by atoms with Crippen molar-refractivity contribution in [1.82, 2.24) is 19.5 Å². The Morgan fingerprint density at radius 3 is 2.75 bits per heavy atom. The van der Waals surface area contributed by atoms with Gasteiger partial charge in [0.2, 0.25) is 0 Å². The summed E-state index contributed by atoms with van der Waals surface area (Å²) in [6.45, 7) is 2.03. The Bertz CT molecular complexity index is 1370. The second-order valence-corrected chi connectivity index (χ2v) is 8.71. The number of hydrogen-bond donors (Lipinski definition) is 4. The van der Waals surface area contributed by atoms with E-state index in [4.69, 9.17) is 23.1 Å². The van der Waals surface area contributed by atoms with Crippen LogP contribution in [0.5, 0.6) is 0 Å². The lowest BCUT2D eigenvalue weighted by Gasteiger charge is -2.21. The summed E-state index contributed by atoms with van der Waals surface area (Å²) in [6.07, 6.45) is 3.84. The van der Waals surface area contributed by atoms with E-state index in [0.29, 0.717) is 34.1 Å². The molecule has 1 aromatic carbocycles. The Hall–Kier alpha value is -3.20. The average Bonchev–Trinajstić information content (AvgIpc) is 3.31. The van der Waals surface area contributed by atoms with Gasteiger partial charge in [-0.25, -0.2) is 15.0 Å². The SMILES string of the molecule is CC(Cc1ccc2cc(Cl)c(N)nc2c1)C1=C[C@@H](n2ccc3c(N)ncnc32)[C@H](O)[C@@H]1O. The molecule has 4 atom stereocenters. The highest BCUT2D eigenvalue weighted by atomic mass is 35.5. The molecule has 32 heavy (non-hydrogen) atoms. The van der Waals surface area contributed by atoms with Crippen molar-refractivity contribution in [1.29, 1.82) is 0 Å². The normalized spacial score (nSPS) is 21.9. The molecule has 164 valence electrons. The van der Waals surface area contributed by atoms with Crippen molar-refractivity contribution < 1.29 is 10.2 Å². The van der Waals surface area contributed by atoms with Crippen LogP contribution in [-0.4, -0.2) is 41.9 Å². The number of nitrogen functional groups attached to an aromatic ring is 2. The highest BCUT2D eigenvalue weighted by molar-refractivity contribution is 6.33. The lowest BCUT2D eigenvalue weighted by molar-refractivity contribution is 0.0293. The van der Waals surface area contributed by atoms with Crippen LogP contribution in [0.3, 0.4) is 0 Å². The fraction of sp³-hybridized carbons (Fsp3) is 0.261. The molecule has 3 aromatic heterocycles. The second-order valence-electron chi connectivity index (χ2n) is 8.30. The summed E-state index contributed by atoms with van der Waals surface area (Å²) < 4.78 is 1.83. The molecule has 1 aliphatic carbocycles. The van der Waals surface area contributed by atoms with Crippen molar-refractivity contribution in [3.63, 3.8) is 0 Å². The van der Waals surface area contributed by atoms with Gasteiger partial charge in [0.15, 0.2) is 0 Å². The fourth-order valence-electron chi connectivity index (χ4n) is 4.51. The van der Waals surface area contributed by atoms with Crippen molar-refractivity contribution in [3.05, 3.63) is 65.1 Å². The number of aliphatic hydroxyl groups is 2. The minimum Gasteiger partial charge on any atom is -0.388 e. The molecule has 0 saturated heterocycles. The molecule has 5 rings (SSSR count). The summed E-state index contributed by atoms with van der Waals surface area (Å²) >= 11 is 6.07. The van der Waals surface area contributed by atoms with Gasteiger partial charge in [-0.3, -0.25) is 0 Å². The minimum atomic E-state index is -0.987. The lowest BCUT2D eigenvalue weighted by atomic mass is 9.91. The Labute approximate surface area is 189 Å². The molecule has 3 heterocycles. The Kier molecular flexibility index (Phi) is 5.00. The van der Waals surface area contributed by atoms with Crippen molar-refractivity contribution in [3.8, 4) is 0 Å². The van der Waals surface area contributed by atoms with Gasteiger partial charge < -0.3 is 26.2 Å². The van der Waals surface area contributed by atoms with Crippen LogP contribution in [0.15, 0.2) is 54.5 Å². The van der Waals surface area contributed by atoms with Crippen LogP contribution in [0, 0.1) is 5.92 Å². The van der Waals surface area contributed by atoms with Crippen molar-refractivity contribution in [2.24, 2.45) is 5.92 Å². The number of aliphatic hydroxyl groups excluding tert-OH is 2. The summed E-state index contributed by atoms with van der Waals surface area (Å²) in [6, 6.07) is 9.13. The number of hydrogen-bond acceptors (Lipinski definition) is 7. The summed E-state index contributed by atoms with van der Waals surface area (Å²) in [4.78, 5) is 12.7. The predicted octanol–water partition coefficient (Wildman–Crippen LogP) is 2.88. The Morgan fingerprint density at radius 1 is 1.12 bits per heavy atom. The number of fused-ring (bicyclic) bond motifs is 2. The number of aromatic nitrogens is 4. The first kappa shape index (κ1) is 20.7. The Balaban J connectivity index is 1.44. The number of pyridine rings is 1. The number of nitrogens with zero attached hydrogens (tertiary/aromatic N) is 4. The molecular weight excluding hydrogens is 428 g/mol. The van der Waals surface area contributed by atoms with E-state index in [9.17, 15) is 10.2 Å². The average molecular weight is 451 g/mol. The molecule has 8 nitrogen and oxygen atoms in total. The maximum atomic E-state index is 10.8. The van der Waals surface area contributed by atoms with E-state index in [0.717, 1.165) is 22.0 Å². The first-order valence-corrected chi connectivity index (χ1v) is 10.7. The second kappa shape index (κ2) is 7.74. The number of anilines is 2. The zero-order valence-electron chi connectivity index (χ0n) is 17.4. The number of benzene rings is 1. The zero-order valence-corrected chi connectivity index (χ0v) is 18.1. The van der Waals surface area contributed by atoms with Crippen LogP contribution in [-0.2, 0) is 6.42 Å². The van der Waals surface area contributed by atoms with Gasteiger partial charge in [-0.15, -0.1) is 0 Å². The predicted molar refractivity (Wildman–Crippen MR) is 125 cm³/mol. The van der Waals surface area contributed by atoms with Gasteiger partial charge in [-0.2, -0.15) is 0 Å². The van der Waals surface area contributed by atoms with E-state index in [1.54, 1.807) is 6.07 Å². The third-order valence-electron chi connectivity index (χ3n) is 6.21. The molecule has 0 amide bonds. The van der Waals surface area contributed by atoms with E-state index in [1.807, 2.05) is 48.0 Å². The topological polar surface area (TPSA) is 136 Å². The molecule has 0 spiro atoms. The molecule has 0 radical (unpaired) electrons. The minimum absolute atomic E-state index is 0.00623. The third-order valence-corrected chi connectivity index (χ3v) is 6.52. The lowest BCUT2D eigenvalue weighted by Crippen LogP contribution is -2.30. The zero-order chi connectivity index (χ0) is 22.6. The van der Waals surface area contributed by atoms with Crippen LogP contribution in [0.1, 0.15) is 18.5 Å². The van der Waals surface area contributed by atoms with Crippen LogP contribution in [0.4, 0.5) is 11.6 Å². The van der Waals surface area contributed by atoms with Gasteiger partial charge in [0.05, 0.1) is 22.0 Å². The van der Waals surface area contributed by atoms with E-state index in [-0.39, 0.29) is 5.92 Å². The number of halogens is 1. The van der Waals surface area contributed by atoms with Gasteiger partial charge >= 0.3 is 0 Å². The van der Waals surface area contributed by atoms with Gasteiger partial charge in [0.25, 0.3) is 0 Å². The summed E-state index contributed by atoms with van der Waals surface area (Å²) in [5.74, 6) is 0.673. The van der Waals surface area contributed by atoms with Gasteiger partial charge in [-0.1, -0.05) is 36.7 Å². The van der Waals surface area contributed by atoms with Crippen LogP contribution in [0.25, 0.3) is 21.9 Å². The van der Waals surface area contributed by atoms with E-state index in [1.165, 1.54) is 6.33 Å². The van der Waals surface area contributed by atoms with Crippen molar-refractivity contribution in [2.75, 3.05) is 11.5 Å². The summed E-state index contributed by atoms with van der Waals surface area (Å²) in [7, 11) is 0. The fourth-order valence-corrected chi connectivity index (χ4v) is 4.67. The highest BCUT2D eigenvalue weighted by Crippen LogP contribution is 2.37. The van der Waals surface area contributed by atoms with Gasteiger partial charge in [0.1, 0.15) is 35.8 Å². The van der Waals surface area contributed by atoms with Gasteiger partial charge in [0, 0.05) is 11.6 Å². The van der Waals surface area contributed by atoms with Crippen LogP contribution >= 0.6 is 11.6 Å². The molecular formula is C23H23ClN6O2. The summed E-state index contributed by atoms with van der Waals surface area (Å²) in [5.41, 5.74) is 15.0. The largest absolute Gasteiger partial charge is 0.388 e. The third kappa shape index (κ3) is 3.37. The quantitative estimate of drug-likeness (QED) is 0.351. The molecule has 0 bridgehead atoms. The van der Waals surface area contributed by atoms with Crippen LogP contribution in [0.2, 0.25) is 5.02 Å². The standard InChI is InChI=1S/C23H23ClN6O2/c1-11(6-12-2-3-13-8-16(24)22(26)29-17(13)7-12)15-9-18(20(32)19(15)31)30-5-4-14-21(25)27-10-28-23(14)30/h2-5,7-11,18-20,31-32H,6H2,1H3,(H2,26,29)(H2,25,27,28)/t11?,18-,19-,20+/m1/s1. The van der Waals surface area contributed by atoms with E-state index < -0.39 is 18.2 Å².